The third-order valence-corrected chi connectivity index (χ3v) is 3.96. The zero-order valence-electron chi connectivity index (χ0n) is 15.5. The monoisotopic (exact) mass is 573 g/mol. The van der Waals surface area contributed by atoms with Crippen molar-refractivity contribution in [1.29, 1.82) is 0 Å². The van der Waals surface area contributed by atoms with Gasteiger partial charge in [-0.15, -0.1) is 24.0 Å². The van der Waals surface area contributed by atoms with Crippen LogP contribution in [0.5, 0.6) is 11.5 Å². The maximum Gasteiger partial charge on any atom is 0.387 e. The van der Waals surface area contributed by atoms with E-state index in [2.05, 4.69) is 36.3 Å². The molecule has 156 valence electrons. The van der Waals surface area contributed by atoms with E-state index in [0.29, 0.717) is 35.8 Å². The van der Waals surface area contributed by atoms with Crippen molar-refractivity contribution in [1.82, 2.24) is 10.6 Å². The van der Waals surface area contributed by atoms with Gasteiger partial charge in [-0.1, -0.05) is 12.1 Å². The molecule has 1 aromatic carbocycles. The van der Waals surface area contributed by atoms with Gasteiger partial charge in [-0.3, -0.25) is 4.99 Å². The van der Waals surface area contributed by atoms with Crippen molar-refractivity contribution in [3.8, 4) is 11.5 Å². The molecule has 0 unspecified atom stereocenters. The summed E-state index contributed by atoms with van der Waals surface area (Å²) >= 11 is 3.26. The van der Waals surface area contributed by atoms with Crippen molar-refractivity contribution in [2.45, 2.75) is 26.5 Å². The molecule has 10 heteroatoms. The maximum absolute atomic E-state index is 12.8. The molecule has 0 saturated heterocycles. The lowest BCUT2D eigenvalue weighted by Gasteiger charge is -2.17. The van der Waals surface area contributed by atoms with E-state index >= 15 is 0 Å². The van der Waals surface area contributed by atoms with Crippen LogP contribution in [0.25, 0.3) is 0 Å². The highest BCUT2D eigenvalue weighted by Crippen LogP contribution is 2.32. The average molecular weight is 574 g/mol. The summed E-state index contributed by atoms with van der Waals surface area (Å²) in [5, 5.41) is 6.22. The molecule has 0 amide bonds. The van der Waals surface area contributed by atoms with Crippen LogP contribution in [0.15, 0.2) is 44.4 Å². The minimum Gasteiger partial charge on any atom is -0.490 e. The Morgan fingerprint density at radius 2 is 2.04 bits per heavy atom. The highest BCUT2D eigenvalue weighted by atomic mass is 127. The summed E-state index contributed by atoms with van der Waals surface area (Å²) in [4.78, 5) is 4.12. The lowest BCUT2D eigenvalue weighted by molar-refractivity contribution is -0.0520. The van der Waals surface area contributed by atoms with Crippen LogP contribution in [-0.2, 0) is 13.0 Å². The second-order valence-corrected chi connectivity index (χ2v) is 6.15. The third-order valence-electron chi connectivity index (χ3n) is 3.53. The lowest BCUT2D eigenvalue weighted by Crippen LogP contribution is -2.37. The topological polar surface area (TPSA) is 68.0 Å². The van der Waals surface area contributed by atoms with Gasteiger partial charge in [-0.25, -0.2) is 0 Å². The van der Waals surface area contributed by atoms with Gasteiger partial charge in [0.2, 0.25) is 0 Å². The first-order valence-corrected chi connectivity index (χ1v) is 9.21. The molecule has 2 N–H and O–H groups in total. The van der Waals surface area contributed by atoms with E-state index in [9.17, 15) is 8.78 Å². The molecule has 2 rings (SSSR count). The van der Waals surface area contributed by atoms with E-state index in [-0.39, 0.29) is 42.0 Å². The quantitative estimate of drug-likeness (QED) is 0.261. The molecule has 0 spiro atoms. The number of ether oxygens (including phenoxy) is 2. The van der Waals surface area contributed by atoms with E-state index in [0.717, 1.165) is 5.76 Å². The molecular formula is C18H23BrF2IN3O3. The number of nitrogens with one attached hydrogen (secondary N) is 2. The van der Waals surface area contributed by atoms with Crippen LogP contribution in [0.1, 0.15) is 18.2 Å². The average Bonchev–Trinajstić information content (AvgIpc) is 3.05. The van der Waals surface area contributed by atoms with Crippen molar-refractivity contribution in [3.63, 3.8) is 0 Å². The van der Waals surface area contributed by atoms with Crippen molar-refractivity contribution in [2.24, 2.45) is 4.99 Å². The first kappa shape index (κ1) is 24.5. The van der Waals surface area contributed by atoms with Gasteiger partial charge in [0.25, 0.3) is 0 Å². The second kappa shape index (κ2) is 12.8. The molecule has 6 nitrogen and oxygen atoms in total. The van der Waals surface area contributed by atoms with Crippen molar-refractivity contribution < 1.29 is 22.7 Å². The van der Waals surface area contributed by atoms with E-state index < -0.39 is 6.61 Å². The van der Waals surface area contributed by atoms with Crippen LogP contribution >= 0.6 is 39.9 Å². The fourth-order valence-corrected chi connectivity index (χ4v) is 2.72. The Balaban J connectivity index is 0.00000392. The highest BCUT2D eigenvalue weighted by molar-refractivity contribution is 14.0. The van der Waals surface area contributed by atoms with E-state index in [4.69, 9.17) is 9.15 Å². The summed E-state index contributed by atoms with van der Waals surface area (Å²) in [6, 6.07) is 8.74. The molecule has 0 atom stereocenters. The van der Waals surface area contributed by atoms with Crippen molar-refractivity contribution in [2.75, 3.05) is 20.2 Å². The zero-order valence-corrected chi connectivity index (χ0v) is 19.4. The van der Waals surface area contributed by atoms with Gasteiger partial charge >= 0.3 is 6.61 Å². The van der Waals surface area contributed by atoms with Crippen molar-refractivity contribution in [3.05, 3.63) is 46.3 Å². The summed E-state index contributed by atoms with van der Waals surface area (Å²) < 4.78 is 41.7. The van der Waals surface area contributed by atoms with E-state index in [1.807, 2.05) is 12.1 Å². The van der Waals surface area contributed by atoms with Gasteiger partial charge in [0.1, 0.15) is 5.76 Å². The van der Waals surface area contributed by atoms with E-state index in [1.165, 1.54) is 0 Å². The number of guanidine groups is 1. The molecule has 28 heavy (non-hydrogen) atoms. The second-order valence-electron chi connectivity index (χ2n) is 5.36. The third kappa shape index (κ3) is 7.82. The molecule has 0 aliphatic rings. The fraction of sp³-hybridized carbons (Fsp3) is 0.389. The number of benzene rings is 1. The SMILES string of the molecule is CCOc1cccc(CNC(=NC)NCCc2ccc(Br)o2)c1OC(F)F.I. The Kier molecular flexibility index (Phi) is 11.2. The zero-order chi connectivity index (χ0) is 19.6. The summed E-state index contributed by atoms with van der Waals surface area (Å²) in [5.41, 5.74) is 0.541. The summed E-state index contributed by atoms with van der Waals surface area (Å²) in [6.07, 6.45) is 0.672. The number of furan rings is 1. The Morgan fingerprint density at radius 3 is 2.64 bits per heavy atom. The van der Waals surface area contributed by atoms with Crippen LogP contribution in [0.2, 0.25) is 0 Å². The van der Waals surface area contributed by atoms with Gasteiger partial charge in [-0.05, 0) is 41.1 Å². The number of rotatable bonds is 9. The van der Waals surface area contributed by atoms with Crippen LogP contribution in [0.3, 0.4) is 0 Å². The molecule has 0 bridgehead atoms. The minimum absolute atomic E-state index is 0. The first-order valence-electron chi connectivity index (χ1n) is 8.41. The Labute approximate surface area is 188 Å². The predicted octanol–water partition coefficient (Wildman–Crippen LogP) is 4.57. The summed E-state index contributed by atoms with van der Waals surface area (Å²) in [5.74, 6) is 1.67. The van der Waals surface area contributed by atoms with Crippen LogP contribution in [-0.4, -0.2) is 32.8 Å². The summed E-state index contributed by atoms with van der Waals surface area (Å²) in [6.45, 7) is 0.0344. The largest absolute Gasteiger partial charge is 0.490 e. The molecule has 0 radical (unpaired) electrons. The van der Waals surface area contributed by atoms with Gasteiger partial charge in [0, 0.05) is 32.1 Å². The normalized spacial score (nSPS) is 11.1. The molecule has 0 aliphatic heterocycles. The van der Waals surface area contributed by atoms with Gasteiger partial charge < -0.3 is 24.5 Å². The fourth-order valence-electron chi connectivity index (χ4n) is 2.38. The molecule has 2 aromatic rings. The highest BCUT2D eigenvalue weighted by Gasteiger charge is 2.16. The molecule has 0 saturated carbocycles. The Morgan fingerprint density at radius 1 is 1.25 bits per heavy atom. The number of hydrogen-bond donors (Lipinski definition) is 2. The van der Waals surface area contributed by atoms with Crippen LogP contribution in [0, 0.1) is 0 Å². The first-order chi connectivity index (χ1) is 13.0. The van der Waals surface area contributed by atoms with Gasteiger partial charge in [-0.2, -0.15) is 8.78 Å². The Hall–Kier alpha value is -1.56. The van der Waals surface area contributed by atoms with Crippen LogP contribution < -0.4 is 20.1 Å². The van der Waals surface area contributed by atoms with Gasteiger partial charge in [0.05, 0.1) is 6.61 Å². The number of alkyl halides is 2. The molecule has 0 aliphatic carbocycles. The minimum atomic E-state index is -2.93. The number of aliphatic imine (C=N–C) groups is 1. The Bertz CT molecular complexity index is 759. The number of hydrogen-bond acceptors (Lipinski definition) is 4. The molecular weight excluding hydrogens is 551 g/mol. The number of nitrogens with zero attached hydrogens (tertiary/aromatic N) is 1. The lowest BCUT2D eigenvalue weighted by atomic mass is 10.2. The maximum atomic E-state index is 12.8. The van der Waals surface area contributed by atoms with Crippen molar-refractivity contribution >= 4 is 45.9 Å². The molecule has 1 heterocycles. The van der Waals surface area contributed by atoms with E-state index in [1.54, 1.807) is 32.2 Å². The smallest absolute Gasteiger partial charge is 0.387 e. The summed E-state index contributed by atoms with van der Waals surface area (Å²) in [7, 11) is 1.63. The standard InChI is InChI=1S/C18H22BrF2N3O3.HI/c1-3-25-14-6-4-5-12(16(14)27-17(20)21)11-24-18(22-2)23-10-9-13-7-8-15(19)26-13;/h4-8,17H,3,9-11H2,1-2H3,(H2,22,23,24);1H. The molecule has 0 fully saturated rings. The number of para-hydroxylation sites is 1. The van der Waals surface area contributed by atoms with Gasteiger partial charge in [0.15, 0.2) is 22.1 Å². The number of halogens is 4. The predicted molar refractivity (Wildman–Crippen MR) is 118 cm³/mol. The van der Waals surface area contributed by atoms with Crippen LogP contribution in [0.4, 0.5) is 8.78 Å². The molecule has 1 aromatic heterocycles.